The van der Waals surface area contributed by atoms with Crippen LogP contribution in [0.25, 0.3) is 0 Å². The molecule has 1 N–H and O–H groups in total. The summed E-state index contributed by atoms with van der Waals surface area (Å²) < 4.78 is 26.0. The molecule has 86 valence electrons. The van der Waals surface area contributed by atoms with Gasteiger partial charge < -0.3 is 0 Å². The highest BCUT2D eigenvalue weighted by Gasteiger charge is 2.13. The number of nitriles is 1. The summed E-state index contributed by atoms with van der Waals surface area (Å²) in [6.45, 7) is 4.03. The zero-order valence-corrected chi connectivity index (χ0v) is 10.1. The average molecular weight is 238 g/mol. The molecule has 0 fully saturated rings. The van der Waals surface area contributed by atoms with Crippen LogP contribution in [0, 0.1) is 18.3 Å². The average Bonchev–Trinajstić information content (AvgIpc) is 2.26. The number of sulfonamides is 1. The monoisotopic (exact) mass is 238 g/mol. The van der Waals surface area contributed by atoms with Crippen LogP contribution in [0.4, 0.5) is 0 Å². The lowest BCUT2D eigenvalue weighted by Gasteiger charge is -2.06. The van der Waals surface area contributed by atoms with Crippen molar-refractivity contribution in [2.45, 2.75) is 25.2 Å². The first-order valence-corrected chi connectivity index (χ1v) is 6.50. The van der Waals surface area contributed by atoms with Crippen molar-refractivity contribution in [1.82, 2.24) is 4.72 Å². The van der Waals surface area contributed by atoms with Crippen LogP contribution >= 0.6 is 0 Å². The minimum Gasteiger partial charge on any atom is -0.211 e. The lowest BCUT2D eigenvalue weighted by molar-refractivity contribution is 0.580. The van der Waals surface area contributed by atoms with Gasteiger partial charge in [0.1, 0.15) is 0 Å². The predicted octanol–water partition coefficient (Wildman–Crippen LogP) is 1.56. The second-order valence-electron chi connectivity index (χ2n) is 3.49. The van der Waals surface area contributed by atoms with Crippen LogP contribution in [0.2, 0.25) is 0 Å². The molecule has 0 aliphatic carbocycles. The summed E-state index contributed by atoms with van der Waals surface area (Å²) in [5, 5.41) is 8.74. The van der Waals surface area contributed by atoms with Gasteiger partial charge in [-0.15, -0.1) is 0 Å². The highest BCUT2D eigenvalue weighted by Crippen LogP contribution is 2.14. The third kappa shape index (κ3) is 2.81. The zero-order valence-electron chi connectivity index (χ0n) is 9.32. The van der Waals surface area contributed by atoms with E-state index in [0.29, 0.717) is 17.7 Å². The van der Waals surface area contributed by atoms with Crippen LogP contribution < -0.4 is 4.72 Å². The van der Waals surface area contributed by atoms with E-state index >= 15 is 0 Å². The minimum absolute atomic E-state index is 0.206. The largest absolute Gasteiger partial charge is 0.240 e. The fraction of sp³-hybridized carbons (Fsp3) is 0.364. The predicted molar refractivity (Wildman–Crippen MR) is 61.4 cm³/mol. The van der Waals surface area contributed by atoms with Crippen LogP contribution in [0.5, 0.6) is 0 Å². The second-order valence-corrected chi connectivity index (χ2v) is 5.25. The van der Waals surface area contributed by atoms with Crippen LogP contribution in [0.15, 0.2) is 23.1 Å². The molecule has 0 unspecified atom stereocenters. The van der Waals surface area contributed by atoms with Gasteiger partial charge in [0.2, 0.25) is 10.0 Å². The van der Waals surface area contributed by atoms with E-state index in [-0.39, 0.29) is 4.90 Å². The van der Waals surface area contributed by atoms with Crippen molar-refractivity contribution in [3.05, 3.63) is 29.3 Å². The maximum absolute atomic E-state index is 11.7. The van der Waals surface area contributed by atoms with Gasteiger partial charge in [-0.25, -0.2) is 13.1 Å². The van der Waals surface area contributed by atoms with E-state index in [1.807, 2.05) is 13.0 Å². The smallest absolute Gasteiger partial charge is 0.211 e. The van der Waals surface area contributed by atoms with Gasteiger partial charge in [0, 0.05) is 6.54 Å². The van der Waals surface area contributed by atoms with E-state index in [4.69, 9.17) is 5.26 Å². The van der Waals surface area contributed by atoms with Crippen molar-refractivity contribution in [2.24, 2.45) is 0 Å². The molecule has 0 heterocycles. The minimum atomic E-state index is -3.43. The van der Waals surface area contributed by atoms with Crippen molar-refractivity contribution in [3.8, 4) is 6.07 Å². The Morgan fingerprint density at radius 3 is 2.62 bits per heavy atom. The molecule has 0 radical (unpaired) electrons. The van der Waals surface area contributed by atoms with Crippen molar-refractivity contribution >= 4 is 10.0 Å². The number of hydrogen-bond acceptors (Lipinski definition) is 3. The number of benzene rings is 1. The van der Waals surface area contributed by atoms with Crippen LogP contribution in [-0.4, -0.2) is 15.0 Å². The topological polar surface area (TPSA) is 70.0 Å². The van der Waals surface area contributed by atoms with Crippen LogP contribution in [-0.2, 0) is 10.0 Å². The van der Waals surface area contributed by atoms with Gasteiger partial charge in [0.15, 0.2) is 0 Å². The summed E-state index contributed by atoms with van der Waals surface area (Å²) in [4.78, 5) is 0.206. The fourth-order valence-corrected chi connectivity index (χ4v) is 2.47. The summed E-state index contributed by atoms with van der Waals surface area (Å²) in [5.41, 5.74) is 1.16. The molecule has 1 aromatic carbocycles. The molecular formula is C11H14N2O2S. The molecule has 0 bridgehead atoms. The van der Waals surface area contributed by atoms with Crippen LogP contribution in [0.3, 0.4) is 0 Å². The molecule has 4 nitrogen and oxygen atoms in total. The van der Waals surface area contributed by atoms with Crippen molar-refractivity contribution in [2.75, 3.05) is 6.54 Å². The molecule has 1 aromatic rings. The molecule has 16 heavy (non-hydrogen) atoms. The van der Waals surface area contributed by atoms with Crippen LogP contribution in [0.1, 0.15) is 24.5 Å². The first-order valence-electron chi connectivity index (χ1n) is 5.01. The van der Waals surface area contributed by atoms with Crippen molar-refractivity contribution in [3.63, 3.8) is 0 Å². The lowest BCUT2D eigenvalue weighted by Crippen LogP contribution is -2.24. The Balaban J connectivity index is 3.07. The molecule has 0 aromatic heterocycles. The summed E-state index contributed by atoms with van der Waals surface area (Å²) in [6.07, 6.45) is 0.745. The number of nitrogens with one attached hydrogen (secondary N) is 1. The Hall–Kier alpha value is -1.38. The van der Waals surface area contributed by atoms with Crippen molar-refractivity contribution < 1.29 is 8.42 Å². The molecule has 0 amide bonds. The Morgan fingerprint density at radius 2 is 2.12 bits per heavy atom. The number of aryl methyl sites for hydroxylation is 1. The molecule has 0 atom stereocenters. The van der Waals surface area contributed by atoms with Gasteiger partial charge in [0.05, 0.1) is 16.5 Å². The Morgan fingerprint density at radius 1 is 1.44 bits per heavy atom. The van der Waals surface area contributed by atoms with Gasteiger partial charge in [-0.2, -0.15) is 5.26 Å². The first kappa shape index (κ1) is 12.7. The highest BCUT2D eigenvalue weighted by atomic mass is 32.2. The van der Waals surface area contributed by atoms with Gasteiger partial charge >= 0.3 is 0 Å². The standard InChI is InChI=1S/C11H14N2O2S/c1-3-6-13-16(14,15)11-5-4-10(8-12)9(2)7-11/h4-5,7,13H,3,6H2,1-2H3. The van der Waals surface area contributed by atoms with E-state index in [2.05, 4.69) is 4.72 Å². The van der Waals surface area contributed by atoms with Gasteiger partial charge in [-0.1, -0.05) is 6.92 Å². The second kappa shape index (κ2) is 5.10. The molecule has 0 aliphatic rings. The van der Waals surface area contributed by atoms with Crippen molar-refractivity contribution in [1.29, 1.82) is 5.26 Å². The number of rotatable bonds is 4. The number of hydrogen-bond donors (Lipinski definition) is 1. The third-order valence-corrected chi connectivity index (χ3v) is 3.63. The fourth-order valence-electron chi connectivity index (χ4n) is 1.25. The molecule has 5 heteroatoms. The van der Waals surface area contributed by atoms with E-state index in [1.165, 1.54) is 18.2 Å². The zero-order chi connectivity index (χ0) is 12.2. The van der Waals surface area contributed by atoms with E-state index in [0.717, 1.165) is 6.42 Å². The van der Waals surface area contributed by atoms with E-state index in [9.17, 15) is 8.42 Å². The molecule has 0 aliphatic heterocycles. The Bertz CT molecular complexity index is 515. The van der Waals surface area contributed by atoms with Gasteiger partial charge in [0.25, 0.3) is 0 Å². The Labute approximate surface area is 96.0 Å². The van der Waals surface area contributed by atoms with E-state index in [1.54, 1.807) is 6.92 Å². The molecular weight excluding hydrogens is 224 g/mol. The highest BCUT2D eigenvalue weighted by molar-refractivity contribution is 7.89. The SMILES string of the molecule is CCCNS(=O)(=O)c1ccc(C#N)c(C)c1. The quantitative estimate of drug-likeness (QED) is 0.865. The maximum atomic E-state index is 11.7. The molecule has 0 saturated carbocycles. The summed E-state index contributed by atoms with van der Waals surface area (Å²) in [6, 6.07) is 6.48. The molecule has 0 saturated heterocycles. The Kier molecular flexibility index (Phi) is 4.05. The van der Waals surface area contributed by atoms with Gasteiger partial charge in [-0.3, -0.25) is 0 Å². The first-order chi connectivity index (χ1) is 7.51. The lowest BCUT2D eigenvalue weighted by atomic mass is 10.1. The molecule has 0 spiro atoms. The van der Waals surface area contributed by atoms with Gasteiger partial charge in [-0.05, 0) is 37.1 Å². The number of nitrogens with zero attached hydrogens (tertiary/aromatic N) is 1. The summed E-state index contributed by atoms with van der Waals surface area (Å²) in [5.74, 6) is 0. The summed E-state index contributed by atoms with van der Waals surface area (Å²) in [7, 11) is -3.43. The summed E-state index contributed by atoms with van der Waals surface area (Å²) >= 11 is 0. The maximum Gasteiger partial charge on any atom is 0.240 e. The third-order valence-electron chi connectivity index (χ3n) is 2.17. The molecule has 1 rings (SSSR count). The van der Waals surface area contributed by atoms with E-state index < -0.39 is 10.0 Å². The normalized spacial score (nSPS) is 11.1.